The molecule has 0 bridgehead atoms. The third-order valence-electron chi connectivity index (χ3n) is 2.02. The van der Waals surface area contributed by atoms with Crippen LogP contribution in [-0.2, 0) is 0 Å². The van der Waals surface area contributed by atoms with Gasteiger partial charge in [-0.25, -0.2) is 0 Å². The van der Waals surface area contributed by atoms with Crippen LogP contribution in [0.4, 0.5) is 0 Å². The van der Waals surface area contributed by atoms with Crippen LogP contribution in [0.5, 0.6) is 0 Å². The predicted octanol–water partition coefficient (Wildman–Crippen LogP) is 3.11. The summed E-state index contributed by atoms with van der Waals surface area (Å²) in [5.41, 5.74) is 2.36. The standard InChI is InChI=1S/C11H13ClO/c1-9(7-8-12)11(13)10-5-3-2-4-6-10/h2-9,11,13H,1H3/b8-7+. The summed E-state index contributed by atoms with van der Waals surface area (Å²) in [5, 5.41) is 9.81. The van der Waals surface area contributed by atoms with E-state index in [0.29, 0.717) is 0 Å². The molecule has 0 fully saturated rings. The second-order valence-corrected chi connectivity index (χ2v) is 3.29. The lowest BCUT2D eigenvalue weighted by Gasteiger charge is -2.15. The molecule has 2 atom stereocenters. The third kappa shape index (κ3) is 2.87. The Hall–Kier alpha value is -0.790. The van der Waals surface area contributed by atoms with Crippen molar-refractivity contribution in [2.75, 3.05) is 0 Å². The lowest BCUT2D eigenvalue weighted by atomic mass is 9.98. The molecule has 0 aromatic heterocycles. The fourth-order valence-corrected chi connectivity index (χ4v) is 1.40. The second-order valence-electron chi connectivity index (χ2n) is 3.03. The van der Waals surface area contributed by atoms with Crippen molar-refractivity contribution in [2.45, 2.75) is 13.0 Å². The van der Waals surface area contributed by atoms with Gasteiger partial charge in [-0.05, 0) is 5.56 Å². The highest BCUT2D eigenvalue weighted by molar-refractivity contribution is 6.25. The summed E-state index contributed by atoms with van der Waals surface area (Å²) in [7, 11) is 0. The molecular formula is C11H13ClO. The van der Waals surface area contributed by atoms with Gasteiger partial charge in [0.25, 0.3) is 0 Å². The molecule has 1 N–H and O–H groups in total. The average Bonchev–Trinajstić information content (AvgIpc) is 2.18. The highest BCUT2D eigenvalue weighted by Gasteiger charge is 2.12. The summed E-state index contributed by atoms with van der Waals surface area (Å²) >= 11 is 5.44. The predicted molar refractivity (Wildman–Crippen MR) is 55.6 cm³/mol. The zero-order valence-corrected chi connectivity index (χ0v) is 8.28. The van der Waals surface area contributed by atoms with Crippen molar-refractivity contribution in [1.29, 1.82) is 0 Å². The lowest BCUT2D eigenvalue weighted by molar-refractivity contribution is 0.140. The summed E-state index contributed by atoms with van der Waals surface area (Å²) in [5.74, 6) is 0.0416. The van der Waals surface area contributed by atoms with Gasteiger partial charge >= 0.3 is 0 Å². The van der Waals surface area contributed by atoms with E-state index in [1.165, 1.54) is 5.54 Å². The van der Waals surface area contributed by atoms with E-state index in [1.54, 1.807) is 6.08 Å². The monoisotopic (exact) mass is 196 g/mol. The van der Waals surface area contributed by atoms with Crippen molar-refractivity contribution in [2.24, 2.45) is 5.92 Å². The van der Waals surface area contributed by atoms with Gasteiger partial charge in [0.1, 0.15) is 0 Å². The minimum absolute atomic E-state index is 0.0416. The SMILES string of the molecule is CC(/C=C/Cl)C(O)c1ccccc1. The Kier molecular flexibility index (Phi) is 4.00. The van der Waals surface area contributed by atoms with Crippen LogP contribution < -0.4 is 0 Å². The van der Waals surface area contributed by atoms with E-state index in [-0.39, 0.29) is 5.92 Å². The third-order valence-corrected chi connectivity index (χ3v) is 2.16. The van der Waals surface area contributed by atoms with E-state index in [9.17, 15) is 5.11 Å². The van der Waals surface area contributed by atoms with Crippen LogP contribution in [-0.4, -0.2) is 5.11 Å². The van der Waals surface area contributed by atoms with Gasteiger partial charge in [0.2, 0.25) is 0 Å². The number of aliphatic hydroxyl groups excluding tert-OH is 1. The van der Waals surface area contributed by atoms with Crippen molar-refractivity contribution in [1.82, 2.24) is 0 Å². The number of benzene rings is 1. The van der Waals surface area contributed by atoms with Crippen LogP contribution >= 0.6 is 11.6 Å². The van der Waals surface area contributed by atoms with Gasteiger partial charge in [0.05, 0.1) is 6.10 Å². The van der Waals surface area contributed by atoms with E-state index in [0.717, 1.165) is 5.56 Å². The molecule has 13 heavy (non-hydrogen) atoms. The number of aliphatic hydroxyl groups is 1. The van der Waals surface area contributed by atoms with E-state index >= 15 is 0 Å². The molecule has 0 aliphatic rings. The van der Waals surface area contributed by atoms with Gasteiger partial charge in [0, 0.05) is 11.5 Å². The van der Waals surface area contributed by atoms with Gasteiger partial charge in [-0.2, -0.15) is 0 Å². The number of rotatable bonds is 3. The number of halogens is 1. The zero-order valence-electron chi connectivity index (χ0n) is 7.52. The van der Waals surface area contributed by atoms with Gasteiger partial charge in [0.15, 0.2) is 0 Å². The Labute approximate surface area is 83.7 Å². The topological polar surface area (TPSA) is 20.2 Å². The molecule has 2 heteroatoms. The molecule has 0 aliphatic heterocycles. The maximum Gasteiger partial charge on any atom is 0.0850 e. The minimum atomic E-state index is -0.476. The smallest absolute Gasteiger partial charge is 0.0850 e. The van der Waals surface area contributed by atoms with Crippen LogP contribution in [0.15, 0.2) is 41.9 Å². The first-order valence-corrected chi connectivity index (χ1v) is 4.69. The van der Waals surface area contributed by atoms with Gasteiger partial charge < -0.3 is 5.11 Å². The minimum Gasteiger partial charge on any atom is -0.388 e. The summed E-state index contributed by atoms with van der Waals surface area (Å²) < 4.78 is 0. The second kappa shape index (κ2) is 5.05. The molecule has 0 heterocycles. The Morgan fingerprint density at radius 1 is 1.31 bits per heavy atom. The Morgan fingerprint density at radius 2 is 1.92 bits per heavy atom. The molecule has 1 rings (SSSR count). The normalized spacial score (nSPS) is 15.9. The van der Waals surface area contributed by atoms with Crippen molar-refractivity contribution in [3.63, 3.8) is 0 Å². The zero-order chi connectivity index (χ0) is 9.68. The fourth-order valence-electron chi connectivity index (χ4n) is 1.17. The maximum absolute atomic E-state index is 9.81. The van der Waals surface area contributed by atoms with Crippen molar-refractivity contribution in [3.8, 4) is 0 Å². The van der Waals surface area contributed by atoms with Gasteiger partial charge in [-0.1, -0.05) is 54.9 Å². The number of hydrogen-bond acceptors (Lipinski definition) is 1. The molecular weight excluding hydrogens is 184 g/mol. The van der Waals surface area contributed by atoms with Crippen LogP contribution in [0.3, 0.4) is 0 Å². The molecule has 0 saturated heterocycles. The van der Waals surface area contributed by atoms with Crippen LogP contribution in [0.25, 0.3) is 0 Å². The van der Waals surface area contributed by atoms with E-state index in [4.69, 9.17) is 11.6 Å². The lowest BCUT2D eigenvalue weighted by Crippen LogP contribution is -2.05. The summed E-state index contributed by atoms with van der Waals surface area (Å²) in [6, 6.07) is 9.57. The highest BCUT2D eigenvalue weighted by atomic mass is 35.5. The Bertz CT molecular complexity index is 269. The van der Waals surface area contributed by atoms with Gasteiger partial charge in [-0.3, -0.25) is 0 Å². The Balaban J connectivity index is 2.73. The summed E-state index contributed by atoms with van der Waals surface area (Å²) in [6.45, 7) is 1.93. The summed E-state index contributed by atoms with van der Waals surface area (Å²) in [6.07, 6.45) is 1.30. The Morgan fingerprint density at radius 3 is 2.46 bits per heavy atom. The largest absolute Gasteiger partial charge is 0.388 e. The fraction of sp³-hybridized carbons (Fsp3) is 0.273. The first-order valence-electron chi connectivity index (χ1n) is 4.25. The molecule has 0 aliphatic carbocycles. The number of hydrogen-bond donors (Lipinski definition) is 1. The molecule has 1 aromatic carbocycles. The molecule has 2 unspecified atom stereocenters. The van der Waals surface area contributed by atoms with E-state index in [2.05, 4.69) is 0 Å². The molecule has 70 valence electrons. The average molecular weight is 197 g/mol. The molecule has 1 aromatic rings. The molecule has 0 amide bonds. The van der Waals surface area contributed by atoms with E-state index in [1.807, 2.05) is 37.3 Å². The van der Waals surface area contributed by atoms with E-state index < -0.39 is 6.10 Å². The van der Waals surface area contributed by atoms with Gasteiger partial charge in [-0.15, -0.1) is 0 Å². The quantitative estimate of drug-likeness (QED) is 0.788. The van der Waals surface area contributed by atoms with Crippen molar-refractivity contribution >= 4 is 11.6 Å². The van der Waals surface area contributed by atoms with Crippen molar-refractivity contribution < 1.29 is 5.11 Å². The molecule has 1 nitrogen and oxygen atoms in total. The van der Waals surface area contributed by atoms with Crippen LogP contribution in [0, 0.1) is 5.92 Å². The van der Waals surface area contributed by atoms with Crippen LogP contribution in [0.2, 0.25) is 0 Å². The molecule has 0 spiro atoms. The van der Waals surface area contributed by atoms with Crippen molar-refractivity contribution in [3.05, 3.63) is 47.5 Å². The first-order chi connectivity index (χ1) is 6.25. The first kappa shape index (κ1) is 10.3. The van der Waals surface area contributed by atoms with Crippen LogP contribution in [0.1, 0.15) is 18.6 Å². The maximum atomic E-state index is 9.81. The summed E-state index contributed by atoms with van der Waals surface area (Å²) in [4.78, 5) is 0. The molecule has 0 radical (unpaired) electrons. The molecule has 0 saturated carbocycles. The highest BCUT2D eigenvalue weighted by Crippen LogP contribution is 2.22.